The molecular weight excluding hydrogens is 276 g/mol. The molecule has 1 atom stereocenters. The Morgan fingerprint density at radius 3 is 2.95 bits per heavy atom. The lowest BCUT2D eigenvalue weighted by Gasteiger charge is -2.22. The van der Waals surface area contributed by atoms with Crippen LogP contribution in [-0.4, -0.2) is 28.6 Å². The Kier molecular flexibility index (Phi) is 5.10. The Hall–Kier alpha value is -2.15. The number of anilines is 1. The third-order valence-electron chi connectivity index (χ3n) is 3.43. The lowest BCUT2D eigenvalue weighted by molar-refractivity contribution is -0.384. The molecule has 1 unspecified atom stereocenters. The zero-order valence-electron chi connectivity index (χ0n) is 11.6. The van der Waals surface area contributed by atoms with Crippen molar-refractivity contribution in [2.45, 2.75) is 38.2 Å². The number of nitro benzene ring substituents is 1. The molecular formula is C14H18N2O5. The molecule has 2 rings (SSSR count). The third-order valence-corrected chi connectivity index (χ3v) is 3.43. The summed E-state index contributed by atoms with van der Waals surface area (Å²) in [4.78, 5) is 21.9. The highest BCUT2D eigenvalue weighted by atomic mass is 16.6. The van der Waals surface area contributed by atoms with Crippen molar-refractivity contribution in [3.05, 3.63) is 28.3 Å². The number of benzene rings is 1. The summed E-state index contributed by atoms with van der Waals surface area (Å²) in [5.41, 5.74) is -0.127. The fraction of sp³-hybridized carbons (Fsp3) is 0.500. The van der Waals surface area contributed by atoms with Crippen LogP contribution in [0, 0.1) is 10.1 Å². The van der Waals surface area contributed by atoms with Gasteiger partial charge in [0, 0.05) is 25.2 Å². The molecule has 7 heteroatoms. The molecule has 0 radical (unpaired) electrons. The molecule has 0 bridgehead atoms. The number of aromatic hydroxyl groups is 1. The van der Waals surface area contributed by atoms with E-state index in [4.69, 9.17) is 4.74 Å². The fourth-order valence-electron chi connectivity index (χ4n) is 2.28. The van der Waals surface area contributed by atoms with E-state index in [0.29, 0.717) is 6.42 Å². The van der Waals surface area contributed by atoms with Gasteiger partial charge < -0.3 is 15.2 Å². The van der Waals surface area contributed by atoms with Crippen molar-refractivity contribution in [3.8, 4) is 5.75 Å². The van der Waals surface area contributed by atoms with E-state index in [1.54, 1.807) is 0 Å². The Morgan fingerprint density at radius 1 is 1.48 bits per heavy atom. The number of rotatable bonds is 5. The van der Waals surface area contributed by atoms with E-state index in [-0.39, 0.29) is 35.6 Å². The molecule has 21 heavy (non-hydrogen) atoms. The quantitative estimate of drug-likeness (QED) is 0.493. The average molecular weight is 294 g/mol. The number of nitrogens with one attached hydrogen (secondary N) is 1. The van der Waals surface area contributed by atoms with Gasteiger partial charge in [0.2, 0.25) is 5.91 Å². The van der Waals surface area contributed by atoms with Gasteiger partial charge in [-0.25, -0.2) is 0 Å². The molecule has 1 heterocycles. The van der Waals surface area contributed by atoms with Crippen LogP contribution in [0.4, 0.5) is 11.4 Å². The van der Waals surface area contributed by atoms with E-state index < -0.39 is 4.92 Å². The molecule has 0 saturated carbocycles. The normalized spacial score (nSPS) is 18.2. The molecule has 1 fully saturated rings. The number of nitrogens with zero attached hydrogens (tertiary/aromatic N) is 1. The lowest BCUT2D eigenvalue weighted by atomic mass is 10.0. The van der Waals surface area contributed by atoms with Crippen molar-refractivity contribution >= 4 is 17.3 Å². The number of phenols is 1. The highest BCUT2D eigenvalue weighted by molar-refractivity contribution is 5.92. The van der Waals surface area contributed by atoms with Crippen LogP contribution in [0.5, 0.6) is 5.75 Å². The van der Waals surface area contributed by atoms with Gasteiger partial charge in [0.05, 0.1) is 16.7 Å². The number of non-ortho nitro benzene ring substituents is 1. The third kappa shape index (κ3) is 4.42. The summed E-state index contributed by atoms with van der Waals surface area (Å²) in [5, 5.41) is 22.8. The first-order valence-electron chi connectivity index (χ1n) is 6.95. The van der Waals surface area contributed by atoms with Crippen molar-refractivity contribution in [1.82, 2.24) is 0 Å². The van der Waals surface area contributed by atoms with Crippen molar-refractivity contribution < 1.29 is 19.6 Å². The summed E-state index contributed by atoms with van der Waals surface area (Å²) in [6, 6.07) is 3.52. The van der Waals surface area contributed by atoms with Crippen LogP contribution in [0.15, 0.2) is 18.2 Å². The van der Waals surface area contributed by atoms with Crippen molar-refractivity contribution in [1.29, 1.82) is 0 Å². The van der Waals surface area contributed by atoms with E-state index >= 15 is 0 Å². The second-order valence-electron chi connectivity index (χ2n) is 5.03. The van der Waals surface area contributed by atoms with Crippen molar-refractivity contribution in [2.75, 3.05) is 11.9 Å². The first kappa shape index (κ1) is 15.2. The first-order chi connectivity index (χ1) is 10.1. The molecule has 2 N–H and O–H groups in total. The maximum absolute atomic E-state index is 11.8. The van der Waals surface area contributed by atoms with Crippen LogP contribution in [-0.2, 0) is 9.53 Å². The predicted octanol–water partition coefficient (Wildman–Crippen LogP) is 2.59. The highest BCUT2D eigenvalue weighted by Crippen LogP contribution is 2.28. The molecule has 7 nitrogen and oxygen atoms in total. The van der Waals surface area contributed by atoms with Crippen LogP contribution in [0.1, 0.15) is 32.1 Å². The van der Waals surface area contributed by atoms with Crippen LogP contribution < -0.4 is 5.32 Å². The molecule has 1 amide bonds. The number of carbonyl (C=O) groups excluding carboxylic acids is 1. The van der Waals surface area contributed by atoms with Gasteiger partial charge in [0.15, 0.2) is 0 Å². The molecule has 0 spiro atoms. The summed E-state index contributed by atoms with van der Waals surface area (Å²) in [6.07, 6.45) is 4.09. The summed E-state index contributed by atoms with van der Waals surface area (Å²) >= 11 is 0. The summed E-state index contributed by atoms with van der Waals surface area (Å²) in [7, 11) is 0. The molecule has 0 aliphatic carbocycles. The second-order valence-corrected chi connectivity index (χ2v) is 5.03. The van der Waals surface area contributed by atoms with Gasteiger partial charge in [-0.3, -0.25) is 14.9 Å². The summed E-state index contributed by atoms with van der Waals surface area (Å²) in [5.74, 6) is -0.483. The molecule has 1 saturated heterocycles. The van der Waals surface area contributed by atoms with Gasteiger partial charge in [-0.1, -0.05) is 0 Å². The van der Waals surface area contributed by atoms with Gasteiger partial charge in [-0.05, 0) is 31.7 Å². The van der Waals surface area contributed by atoms with Crippen molar-refractivity contribution in [3.63, 3.8) is 0 Å². The molecule has 1 aromatic rings. The smallest absolute Gasteiger partial charge is 0.271 e. The minimum atomic E-state index is -0.578. The predicted molar refractivity (Wildman–Crippen MR) is 76.2 cm³/mol. The van der Waals surface area contributed by atoms with E-state index in [2.05, 4.69) is 5.32 Å². The molecule has 1 aromatic carbocycles. The Bertz CT molecular complexity index is 526. The number of phenolic OH excluding ortho intramolecular Hbond substituents is 1. The number of ether oxygens (including phenoxy) is 1. The van der Waals surface area contributed by atoms with Gasteiger partial charge in [-0.15, -0.1) is 0 Å². The monoisotopic (exact) mass is 294 g/mol. The van der Waals surface area contributed by atoms with E-state index in [9.17, 15) is 20.0 Å². The van der Waals surface area contributed by atoms with Gasteiger partial charge in [0.1, 0.15) is 5.75 Å². The van der Waals surface area contributed by atoms with E-state index in [0.717, 1.165) is 31.9 Å². The average Bonchev–Trinajstić information content (AvgIpc) is 2.48. The maximum Gasteiger partial charge on any atom is 0.271 e. The SMILES string of the molecule is O=C(CCC1CCCCO1)Nc1cc([N+](=O)[O-])ccc1O. The standard InChI is InChI=1S/C14H18N2O5/c17-13-6-4-10(16(19)20)9-12(13)15-14(18)7-5-11-3-1-2-8-21-11/h4,6,9,11,17H,1-3,5,7-8H2,(H,15,18). The Labute approximate surface area is 122 Å². The number of carbonyl (C=O) groups is 1. The summed E-state index contributed by atoms with van der Waals surface area (Å²) in [6.45, 7) is 0.734. The van der Waals surface area contributed by atoms with Gasteiger partial charge in [0.25, 0.3) is 5.69 Å². The molecule has 1 aliphatic rings. The number of nitro groups is 1. The molecule has 0 aromatic heterocycles. The van der Waals surface area contributed by atoms with Crippen LogP contribution in [0.3, 0.4) is 0 Å². The zero-order chi connectivity index (χ0) is 15.2. The van der Waals surface area contributed by atoms with E-state index in [1.807, 2.05) is 0 Å². The van der Waals surface area contributed by atoms with Crippen molar-refractivity contribution in [2.24, 2.45) is 0 Å². The van der Waals surface area contributed by atoms with Gasteiger partial charge in [-0.2, -0.15) is 0 Å². The topological polar surface area (TPSA) is 102 Å². The zero-order valence-corrected chi connectivity index (χ0v) is 11.6. The minimum Gasteiger partial charge on any atom is -0.506 e. The number of amides is 1. The van der Waals surface area contributed by atoms with Gasteiger partial charge >= 0.3 is 0 Å². The fourth-order valence-corrected chi connectivity index (χ4v) is 2.28. The second kappa shape index (κ2) is 7.03. The van der Waals surface area contributed by atoms with E-state index in [1.165, 1.54) is 12.1 Å². The Morgan fingerprint density at radius 2 is 2.29 bits per heavy atom. The first-order valence-corrected chi connectivity index (χ1v) is 6.95. The van der Waals surface area contributed by atoms with Crippen LogP contribution >= 0.6 is 0 Å². The van der Waals surface area contributed by atoms with Crippen LogP contribution in [0.2, 0.25) is 0 Å². The Balaban J connectivity index is 1.89. The molecule has 114 valence electrons. The van der Waals surface area contributed by atoms with Crippen LogP contribution in [0.25, 0.3) is 0 Å². The lowest BCUT2D eigenvalue weighted by Crippen LogP contribution is -2.21. The minimum absolute atomic E-state index is 0.0544. The number of hydrogen-bond donors (Lipinski definition) is 2. The molecule has 1 aliphatic heterocycles. The summed E-state index contributed by atoms with van der Waals surface area (Å²) < 4.78 is 5.53. The maximum atomic E-state index is 11.8. The number of hydrogen-bond acceptors (Lipinski definition) is 5. The largest absolute Gasteiger partial charge is 0.506 e. The highest BCUT2D eigenvalue weighted by Gasteiger charge is 2.17.